The summed E-state index contributed by atoms with van der Waals surface area (Å²) in [6.07, 6.45) is 0.639. The van der Waals surface area contributed by atoms with Gasteiger partial charge in [-0.1, -0.05) is 28.1 Å². The Kier molecular flexibility index (Phi) is 4.23. The molecule has 3 aromatic rings. The van der Waals surface area contributed by atoms with Gasteiger partial charge >= 0.3 is 0 Å². The zero-order valence-corrected chi connectivity index (χ0v) is 13.4. The van der Waals surface area contributed by atoms with Crippen LogP contribution in [0.1, 0.15) is 12.0 Å². The molecule has 0 bridgehead atoms. The summed E-state index contributed by atoms with van der Waals surface area (Å²) in [5, 5.41) is 18.5. The predicted octanol–water partition coefficient (Wildman–Crippen LogP) is 3.72. The third-order valence-electron chi connectivity index (χ3n) is 3.54. The number of nitriles is 1. The second-order valence-electron chi connectivity index (χ2n) is 4.95. The van der Waals surface area contributed by atoms with E-state index in [4.69, 9.17) is 10.1 Å². The molecule has 0 aliphatic rings. The predicted molar refractivity (Wildman–Crippen MR) is 89.3 cm³/mol. The lowest BCUT2D eigenvalue weighted by atomic mass is 10.1. The maximum atomic E-state index is 9.33. The van der Waals surface area contributed by atoms with Gasteiger partial charge in [0.15, 0.2) is 0 Å². The van der Waals surface area contributed by atoms with Crippen LogP contribution in [0.25, 0.3) is 22.4 Å². The number of aryl methyl sites for hydroxylation is 1. The van der Waals surface area contributed by atoms with Crippen molar-refractivity contribution >= 4 is 27.0 Å². The van der Waals surface area contributed by atoms with E-state index >= 15 is 0 Å². The number of rotatable bonds is 4. The molecular weight excluding hydrogens is 342 g/mol. The van der Waals surface area contributed by atoms with E-state index in [1.165, 1.54) is 0 Å². The maximum absolute atomic E-state index is 9.33. The molecule has 0 radical (unpaired) electrons. The molecule has 0 amide bonds. The highest BCUT2D eigenvalue weighted by Gasteiger charge is 2.15. The molecule has 4 nitrogen and oxygen atoms in total. The summed E-state index contributed by atoms with van der Waals surface area (Å²) in [7, 11) is 0. The SMILES string of the molecule is N#Cc1ccccc1-c1nc2ccc(Br)cc2n1CCCO. The van der Waals surface area contributed by atoms with E-state index in [0.29, 0.717) is 18.5 Å². The van der Waals surface area contributed by atoms with Crippen LogP contribution in [0, 0.1) is 11.3 Å². The fourth-order valence-electron chi connectivity index (χ4n) is 2.53. The van der Waals surface area contributed by atoms with Gasteiger partial charge in [0.2, 0.25) is 0 Å². The van der Waals surface area contributed by atoms with Crippen molar-refractivity contribution in [3.05, 3.63) is 52.5 Å². The van der Waals surface area contributed by atoms with Crippen molar-refractivity contribution < 1.29 is 5.11 Å². The first-order valence-electron chi connectivity index (χ1n) is 7.00. The zero-order valence-electron chi connectivity index (χ0n) is 11.8. The molecule has 0 atom stereocenters. The van der Waals surface area contributed by atoms with Crippen molar-refractivity contribution in [3.8, 4) is 17.5 Å². The van der Waals surface area contributed by atoms with Gasteiger partial charge in [0.1, 0.15) is 5.82 Å². The molecule has 0 aliphatic carbocycles. The first-order chi connectivity index (χ1) is 10.7. The number of halogens is 1. The lowest BCUT2D eigenvalue weighted by Gasteiger charge is -2.09. The molecule has 0 unspecified atom stereocenters. The van der Waals surface area contributed by atoms with Gasteiger partial charge in [-0.25, -0.2) is 4.98 Å². The highest BCUT2D eigenvalue weighted by Crippen LogP contribution is 2.29. The molecule has 110 valence electrons. The second-order valence-corrected chi connectivity index (χ2v) is 5.87. The minimum Gasteiger partial charge on any atom is -0.396 e. The van der Waals surface area contributed by atoms with Crippen molar-refractivity contribution in [2.45, 2.75) is 13.0 Å². The third kappa shape index (κ3) is 2.63. The van der Waals surface area contributed by atoms with Crippen LogP contribution < -0.4 is 0 Å². The van der Waals surface area contributed by atoms with Crippen molar-refractivity contribution in [1.82, 2.24) is 9.55 Å². The minimum absolute atomic E-state index is 0.118. The fraction of sp³-hybridized carbons (Fsp3) is 0.176. The van der Waals surface area contributed by atoms with Crippen molar-refractivity contribution in [1.29, 1.82) is 5.26 Å². The highest BCUT2D eigenvalue weighted by molar-refractivity contribution is 9.10. The number of hydrogen-bond donors (Lipinski definition) is 1. The minimum atomic E-state index is 0.118. The van der Waals surface area contributed by atoms with Gasteiger partial charge in [-0.15, -0.1) is 0 Å². The molecule has 1 aromatic heterocycles. The van der Waals surface area contributed by atoms with E-state index < -0.39 is 0 Å². The average molecular weight is 356 g/mol. The van der Waals surface area contributed by atoms with Crippen LogP contribution in [0.5, 0.6) is 0 Å². The van der Waals surface area contributed by atoms with Crippen molar-refractivity contribution in [3.63, 3.8) is 0 Å². The first-order valence-corrected chi connectivity index (χ1v) is 7.80. The van der Waals surface area contributed by atoms with Crippen LogP contribution in [0.2, 0.25) is 0 Å². The molecule has 0 saturated heterocycles. The number of aliphatic hydroxyl groups excluding tert-OH is 1. The highest BCUT2D eigenvalue weighted by atomic mass is 79.9. The molecule has 1 N–H and O–H groups in total. The standard InChI is InChI=1S/C17H14BrN3O/c18-13-6-7-15-16(10-13)21(8-3-9-22)17(20-15)14-5-2-1-4-12(14)11-19/h1-2,4-7,10,22H,3,8-9H2. The number of imidazole rings is 1. The Morgan fingerprint density at radius 1 is 1.23 bits per heavy atom. The molecule has 3 rings (SSSR count). The van der Waals surface area contributed by atoms with Gasteiger partial charge in [-0.2, -0.15) is 5.26 Å². The van der Waals surface area contributed by atoms with Crippen molar-refractivity contribution in [2.24, 2.45) is 0 Å². The normalized spacial score (nSPS) is 10.8. The Balaban J connectivity index is 2.26. The maximum Gasteiger partial charge on any atom is 0.142 e. The summed E-state index contributed by atoms with van der Waals surface area (Å²) < 4.78 is 3.04. The van der Waals surface area contributed by atoms with E-state index in [-0.39, 0.29) is 6.61 Å². The topological polar surface area (TPSA) is 61.8 Å². The van der Waals surface area contributed by atoms with Gasteiger partial charge in [0.05, 0.1) is 22.7 Å². The summed E-state index contributed by atoms with van der Waals surface area (Å²) in [4.78, 5) is 4.69. The average Bonchev–Trinajstić information content (AvgIpc) is 2.90. The lowest BCUT2D eigenvalue weighted by Crippen LogP contribution is -2.03. The quantitative estimate of drug-likeness (QED) is 0.775. The Morgan fingerprint density at radius 2 is 2.05 bits per heavy atom. The van der Waals surface area contributed by atoms with E-state index in [9.17, 15) is 5.26 Å². The van der Waals surface area contributed by atoms with Gasteiger partial charge in [-0.3, -0.25) is 0 Å². The lowest BCUT2D eigenvalue weighted by molar-refractivity contribution is 0.281. The fourth-order valence-corrected chi connectivity index (χ4v) is 2.88. The van der Waals surface area contributed by atoms with Crippen LogP contribution >= 0.6 is 15.9 Å². The Bertz CT molecular complexity index is 864. The monoisotopic (exact) mass is 355 g/mol. The summed E-state index contributed by atoms with van der Waals surface area (Å²) >= 11 is 3.49. The van der Waals surface area contributed by atoms with Gasteiger partial charge in [0, 0.05) is 23.2 Å². The number of benzene rings is 2. The molecular formula is C17H14BrN3O. The largest absolute Gasteiger partial charge is 0.396 e. The summed E-state index contributed by atoms with van der Waals surface area (Å²) in [6.45, 7) is 0.769. The smallest absolute Gasteiger partial charge is 0.142 e. The summed E-state index contributed by atoms with van der Waals surface area (Å²) in [6, 6.07) is 15.6. The molecule has 0 saturated carbocycles. The van der Waals surface area contributed by atoms with E-state index in [0.717, 1.165) is 26.9 Å². The Hall–Kier alpha value is -2.16. The number of hydrogen-bond acceptors (Lipinski definition) is 3. The number of aliphatic hydroxyl groups is 1. The zero-order chi connectivity index (χ0) is 15.5. The molecule has 0 fully saturated rings. The summed E-state index contributed by atoms with van der Waals surface area (Å²) in [5.41, 5.74) is 3.28. The molecule has 1 heterocycles. The van der Waals surface area contributed by atoms with Crippen LogP contribution in [0.15, 0.2) is 46.9 Å². The van der Waals surface area contributed by atoms with Crippen LogP contribution in [-0.2, 0) is 6.54 Å². The van der Waals surface area contributed by atoms with E-state index in [1.807, 2.05) is 36.4 Å². The molecule has 5 heteroatoms. The second kappa shape index (κ2) is 6.30. The first kappa shape index (κ1) is 14.8. The Labute approximate surface area is 136 Å². The number of nitrogens with zero attached hydrogens (tertiary/aromatic N) is 3. The van der Waals surface area contributed by atoms with Crippen LogP contribution in [0.3, 0.4) is 0 Å². The van der Waals surface area contributed by atoms with Crippen LogP contribution in [0.4, 0.5) is 0 Å². The number of aromatic nitrogens is 2. The van der Waals surface area contributed by atoms with E-state index in [2.05, 4.69) is 26.6 Å². The molecule has 2 aromatic carbocycles. The Morgan fingerprint density at radius 3 is 2.82 bits per heavy atom. The molecule has 22 heavy (non-hydrogen) atoms. The molecule has 0 spiro atoms. The number of fused-ring (bicyclic) bond motifs is 1. The van der Waals surface area contributed by atoms with E-state index in [1.54, 1.807) is 6.07 Å². The van der Waals surface area contributed by atoms with Gasteiger partial charge in [0.25, 0.3) is 0 Å². The molecule has 0 aliphatic heterocycles. The van der Waals surface area contributed by atoms with Crippen molar-refractivity contribution in [2.75, 3.05) is 6.61 Å². The summed E-state index contributed by atoms with van der Waals surface area (Å²) in [5.74, 6) is 0.763. The third-order valence-corrected chi connectivity index (χ3v) is 4.03. The van der Waals surface area contributed by atoms with Gasteiger partial charge < -0.3 is 9.67 Å². The van der Waals surface area contributed by atoms with Crippen LogP contribution in [-0.4, -0.2) is 21.3 Å². The van der Waals surface area contributed by atoms with Gasteiger partial charge in [-0.05, 0) is 36.8 Å².